The minimum absolute atomic E-state index is 0.922. The molecule has 1 aromatic rings. The molecule has 0 aliphatic heterocycles. The smallest absolute Gasteiger partial charge is 0.0237 e. The van der Waals surface area contributed by atoms with Crippen LogP contribution in [0.25, 0.3) is 0 Å². The van der Waals surface area contributed by atoms with Crippen LogP contribution in [-0.4, -0.2) is 0 Å². The Kier molecular flexibility index (Phi) is 2.69. The van der Waals surface area contributed by atoms with Crippen LogP contribution in [0.15, 0.2) is 30.3 Å². The monoisotopic (exact) mass is 139 g/mol. The molecule has 2 heteroatoms. The van der Waals surface area contributed by atoms with E-state index in [0.29, 0.717) is 0 Å². The summed E-state index contributed by atoms with van der Waals surface area (Å²) >= 11 is 0. The maximum absolute atomic E-state index is 3.00. The molecular weight excluding hydrogens is 129 g/mol. The van der Waals surface area contributed by atoms with Gasteiger partial charge in [0, 0.05) is 6.54 Å². The number of benzene rings is 1. The number of hydrogen-bond donors (Lipinski definition) is 1. The molecule has 1 nitrogen and oxygen atoms in total. The predicted molar refractivity (Wildman–Crippen MR) is 43.0 cm³/mol. The van der Waals surface area contributed by atoms with E-state index in [0.717, 1.165) is 6.54 Å². The van der Waals surface area contributed by atoms with Crippen molar-refractivity contribution in [1.29, 1.82) is 0 Å². The number of nitrogens with one attached hydrogen (secondary N) is 1. The van der Waals surface area contributed by atoms with E-state index in [9.17, 15) is 0 Å². The summed E-state index contributed by atoms with van der Waals surface area (Å²) in [6.07, 6.45) is 0. The van der Waals surface area contributed by atoms with Crippen LogP contribution in [-0.2, 0) is 6.54 Å². The Hall–Kier alpha value is -0.390. The largest absolute Gasteiger partial charge is 0.296 e. The first-order valence-electron chi connectivity index (χ1n) is 2.91. The van der Waals surface area contributed by atoms with Crippen LogP contribution < -0.4 is 5.09 Å². The Morgan fingerprint density at radius 3 is 2.44 bits per heavy atom. The van der Waals surface area contributed by atoms with E-state index in [4.69, 9.17) is 0 Å². The Morgan fingerprint density at radius 1 is 1.22 bits per heavy atom. The number of hydrogen-bond acceptors (Lipinski definition) is 1. The summed E-state index contributed by atoms with van der Waals surface area (Å²) in [5, 5.41) is 3.00. The fourth-order valence-electron chi connectivity index (χ4n) is 0.714. The van der Waals surface area contributed by atoms with Crippen molar-refractivity contribution in [2.24, 2.45) is 0 Å². The maximum Gasteiger partial charge on any atom is 0.0237 e. The third kappa shape index (κ3) is 2.13. The van der Waals surface area contributed by atoms with E-state index in [1.54, 1.807) is 0 Å². The molecule has 0 aliphatic carbocycles. The normalized spacial score (nSPS) is 9.44. The molecular formula is C7H10NP. The third-order valence-electron chi connectivity index (χ3n) is 1.15. The molecule has 48 valence electrons. The van der Waals surface area contributed by atoms with Gasteiger partial charge in [0.05, 0.1) is 0 Å². The van der Waals surface area contributed by atoms with Gasteiger partial charge in [0.2, 0.25) is 0 Å². The Morgan fingerprint density at radius 2 is 1.89 bits per heavy atom. The van der Waals surface area contributed by atoms with E-state index in [-0.39, 0.29) is 0 Å². The molecule has 0 aliphatic rings. The topological polar surface area (TPSA) is 12.0 Å². The molecule has 1 N–H and O–H groups in total. The van der Waals surface area contributed by atoms with Gasteiger partial charge < -0.3 is 0 Å². The quantitative estimate of drug-likeness (QED) is 0.613. The predicted octanol–water partition coefficient (Wildman–Crippen LogP) is 1.57. The fraction of sp³-hybridized carbons (Fsp3) is 0.143. The number of rotatable bonds is 2. The maximum atomic E-state index is 3.00. The van der Waals surface area contributed by atoms with E-state index in [1.165, 1.54) is 5.56 Å². The molecule has 0 fully saturated rings. The van der Waals surface area contributed by atoms with E-state index >= 15 is 0 Å². The van der Waals surface area contributed by atoms with Crippen molar-refractivity contribution in [3.05, 3.63) is 35.9 Å². The van der Waals surface area contributed by atoms with Crippen LogP contribution in [0.2, 0.25) is 0 Å². The minimum atomic E-state index is 0.922. The van der Waals surface area contributed by atoms with Gasteiger partial charge in [0.1, 0.15) is 0 Å². The summed E-state index contributed by atoms with van der Waals surface area (Å²) < 4.78 is 0. The first-order chi connectivity index (χ1) is 4.43. The molecule has 1 unspecified atom stereocenters. The van der Waals surface area contributed by atoms with Gasteiger partial charge in [-0.25, -0.2) is 0 Å². The van der Waals surface area contributed by atoms with Crippen molar-refractivity contribution in [3.63, 3.8) is 0 Å². The highest BCUT2D eigenvalue weighted by Gasteiger charge is 1.83. The summed E-state index contributed by atoms with van der Waals surface area (Å²) in [6, 6.07) is 10.3. The van der Waals surface area contributed by atoms with Crippen molar-refractivity contribution < 1.29 is 0 Å². The lowest BCUT2D eigenvalue weighted by Crippen LogP contribution is -1.95. The third-order valence-corrected chi connectivity index (χ3v) is 1.35. The lowest BCUT2D eigenvalue weighted by Gasteiger charge is -1.95. The van der Waals surface area contributed by atoms with Crippen molar-refractivity contribution in [1.82, 2.24) is 5.09 Å². The van der Waals surface area contributed by atoms with Crippen molar-refractivity contribution in [2.75, 3.05) is 0 Å². The first kappa shape index (κ1) is 6.73. The van der Waals surface area contributed by atoms with Gasteiger partial charge in [-0.1, -0.05) is 39.7 Å². The van der Waals surface area contributed by atoms with Crippen LogP contribution >= 0.6 is 9.39 Å². The van der Waals surface area contributed by atoms with Gasteiger partial charge in [-0.15, -0.1) is 0 Å². The van der Waals surface area contributed by atoms with E-state index < -0.39 is 0 Å². The Balaban J connectivity index is 2.61. The first-order valence-corrected chi connectivity index (χ1v) is 3.48. The summed E-state index contributed by atoms with van der Waals surface area (Å²) in [7, 11) is 2.48. The molecule has 1 rings (SSSR count). The van der Waals surface area contributed by atoms with Crippen molar-refractivity contribution in [3.8, 4) is 0 Å². The molecule has 0 heterocycles. The van der Waals surface area contributed by atoms with E-state index in [1.807, 2.05) is 18.2 Å². The standard InChI is InChI=1S/C7H10NP/c9-8-6-7-4-2-1-3-5-7/h1-5,8H,6,9H2. The van der Waals surface area contributed by atoms with E-state index in [2.05, 4.69) is 26.6 Å². The highest BCUT2D eigenvalue weighted by molar-refractivity contribution is 7.13. The summed E-state index contributed by atoms with van der Waals surface area (Å²) in [5.74, 6) is 0. The van der Waals surface area contributed by atoms with Crippen LogP contribution in [0.3, 0.4) is 0 Å². The second-order valence-electron chi connectivity index (χ2n) is 1.87. The lowest BCUT2D eigenvalue weighted by molar-refractivity contribution is 0.979. The second-order valence-corrected chi connectivity index (χ2v) is 2.27. The van der Waals surface area contributed by atoms with Crippen LogP contribution in [0, 0.1) is 0 Å². The molecule has 1 aromatic carbocycles. The molecule has 0 radical (unpaired) electrons. The molecule has 0 spiro atoms. The summed E-state index contributed by atoms with van der Waals surface area (Å²) in [6.45, 7) is 0.922. The molecule has 0 bridgehead atoms. The summed E-state index contributed by atoms with van der Waals surface area (Å²) in [5.41, 5.74) is 1.31. The average Bonchev–Trinajstić information content (AvgIpc) is 1.91. The van der Waals surface area contributed by atoms with Gasteiger partial charge in [-0.3, -0.25) is 5.09 Å². The second kappa shape index (κ2) is 3.60. The zero-order valence-corrected chi connectivity index (χ0v) is 6.33. The SMILES string of the molecule is PNCc1ccccc1. The highest BCUT2D eigenvalue weighted by Crippen LogP contribution is 1.97. The van der Waals surface area contributed by atoms with Gasteiger partial charge in [0.15, 0.2) is 0 Å². The Labute approximate surface area is 57.7 Å². The molecule has 0 aromatic heterocycles. The molecule has 1 atom stereocenters. The lowest BCUT2D eigenvalue weighted by atomic mass is 10.2. The van der Waals surface area contributed by atoms with Gasteiger partial charge in [0.25, 0.3) is 0 Å². The van der Waals surface area contributed by atoms with Gasteiger partial charge >= 0.3 is 0 Å². The molecule has 0 amide bonds. The molecule has 9 heavy (non-hydrogen) atoms. The molecule has 0 saturated carbocycles. The summed E-state index contributed by atoms with van der Waals surface area (Å²) in [4.78, 5) is 0. The average molecular weight is 139 g/mol. The van der Waals surface area contributed by atoms with Crippen LogP contribution in [0.1, 0.15) is 5.56 Å². The van der Waals surface area contributed by atoms with Crippen LogP contribution in [0.4, 0.5) is 0 Å². The van der Waals surface area contributed by atoms with Gasteiger partial charge in [-0.2, -0.15) is 0 Å². The van der Waals surface area contributed by atoms with Crippen molar-refractivity contribution >= 4 is 9.39 Å². The highest BCUT2D eigenvalue weighted by atomic mass is 31.0. The van der Waals surface area contributed by atoms with Gasteiger partial charge in [-0.05, 0) is 5.56 Å². The fourth-order valence-corrected chi connectivity index (χ4v) is 0.949. The molecule has 0 saturated heterocycles. The zero-order valence-electron chi connectivity index (χ0n) is 5.17. The van der Waals surface area contributed by atoms with Crippen molar-refractivity contribution in [2.45, 2.75) is 6.54 Å². The Bertz CT molecular complexity index is 162. The zero-order chi connectivity index (χ0) is 6.53. The minimum Gasteiger partial charge on any atom is -0.296 e. The van der Waals surface area contributed by atoms with Crippen LogP contribution in [0.5, 0.6) is 0 Å².